The average molecular weight is 343 g/mol. The Hall–Kier alpha value is -1.27. The van der Waals surface area contributed by atoms with Crippen LogP contribution in [-0.4, -0.2) is 50.7 Å². The van der Waals surface area contributed by atoms with E-state index in [1.54, 1.807) is 26.4 Å². The average Bonchev–Trinajstić information content (AvgIpc) is 2.47. The van der Waals surface area contributed by atoms with Gasteiger partial charge >= 0.3 is 0 Å². The minimum absolute atomic E-state index is 0.00287. The molecule has 6 heteroatoms. The Morgan fingerprint density at radius 2 is 1.95 bits per heavy atom. The van der Waals surface area contributed by atoms with Gasteiger partial charge in [0.1, 0.15) is 16.0 Å². The minimum atomic E-state index is 0.00287. The van der Waals surface area contributed by atoms with Gasteiger partial charge in [0.05, 0.1) is 14.2 Å². The molecule has 1 atom stereocenters. The van der Waals surface area contributed by atoms with Crippen LogP contribution < -0.4 is 14.8 Å². The second-order valence-electron chi connectivity index (χ2n) is 4.75. The van der Waals surface area contributed by atoms with E-state index in [1.807, 2.05) is 11.8 Å². The van der Waals surface area contributed by atoms with E-state index in [0.717, 1.165) is 13.1 Å². The smallest absolute Gasteiger partial charge is 0.254 e. The SMILES string of the molecule is COc1cc(C(=O)N2CCNC[C@@H]2C)cc(OC)c1Br. The second kappa shape index (κ2) is 6.45. The summed E-state index contributed by atoms with van der Waals surface area (Å²) in [5.41, 5.74) is 0.579. The lowest BCUT2D eigenvalue weighted by Gasteiger charge is -2.34. The van der Waals surface area contributed by atoms with Gasteiger partial charge < -0.3 is 19.7 Å². The topological polar surface area (TPSA) is 50.8 Å². The Bertz CT molecular complexity index is 482. The molecule has 1 aromatic rings. The lowest BCUT2D eigenvalue weighted by molar-refractivity contribution is 0.0655. The first kappa shape index (κ1) is 15.1. The Labute approximate surface area is 127 Å². The fourth-order valence-corrected chi connectivity index (χ4v) is 2.85. The van der Waals surface area contributed by atoms with Crippen LogP contribution in [0, 0.1) is 0 Å². The van der Waals surface area contributed by atoms with Crippen molar-refractivity contribution in [3.05, 3.63) is 22.2 Å². The number of benzene rings is 1. The van der Waals surface area contributed by atoms with Crippen LogP contribution in [0.1, 0.15) is 17.3 Å². The van der Waals surface area contributed by atoms with Crippen molar-refractivity contribution < 1.29 is 14.3 Å². The first-order chi connectivity index (χ1) is 9.58. The van der Waals surface area contributed by atoms with Crippen LogP contribution in [0.5, 0.6) is 11.5 Å². The summed E-state index contributed by atoms with van der Waals surface area (Å²) in [6.07, 6.45) is 0. The van der Waals surface area contributed by atoms with E-state index in [0.29, 0.717) is 28.1 Å². The highest BCUT2D eigenvalue weighted by Gasteiger charge is 2.25. The second-order valence-corrected chi connectivity index (χ2v) is 5.54. The molecule has 1 N–H and O–H groups in total. The van der Waals surface area contributed by atoms with Crippen molar-refractivity contribution in [2.24, 2.45) is 0 Å². The van der Waals surface area contributed by atoms with Gasteiger partial charge in [0, 0.05) is 31.2 Å². The molecule has 1 aliphatic rings. The summed E-state index contributed by atoms with van der Waals surface area (Å²) in [7, 11) is 3.14. The van der Waals surface area contributed by atoms with Gasteiger partial charge in [0.25, 0.3) is 5.91 Å². The zero-order valence-electron chi connectivity index (χ0n) is 11.9. The molecule has 1 aromatic carbocycles. The van der Waals surface area contributed by atoms with Crippen LogP contribution in [0.4, 0.5) is 0 Å². The Morgan fingerprint density at radius 3 is 2.45 bits per heavy atom. The van der Waals surface area contributed by atoms with Crippen LogP contribution in [0.15, 0.2) is 16.6 Å². The van der Waals surface area contributed by atoms with E-state index in [9.17, 15) is 4.79 Å². The number of amides is 1. The third kappa shape index (κ3) is 2.91. The molecule has 110 valence electrons. The number of methoxy groups -OCH3 is 2. The van der Waals surface area contributed by atoms with E-state index in [2.05, 4.69) is 21.2 Å². The van der Waals surface area contributed by atoms with E-state index >= 15 is 0 Å². The molecule has 0 aliphatic carbocycles. The number of rotatable bonds is 3. The quantitative estimate of drug-likeness (QED) is 0.911. The summed E-state index contributed by atoms with van der Waals surface area (Å²) < 4.78 is 11.3. The summed E-state index contributed by atoms with van der Waals surface area (Å²) >= 11 is 3.41. The maximum atomic E-state index is 12.6. The van der Waals surface area contributed by atoms with Crippen molar-refractivity contribution in [2.45, 2.75) is 13.0 Å². The number of hydrogen-bond acceptors (Lipinski definition) is 4. The van der Waals surface area contributed by atoms with Gasteiger partial charge in [-0.3, -0.25) is 4.79 Å². The molecule has 1 amide bonds. The van der Waals surface area contributed by atoms with Crippen molar-refractivity contribution in [1.82, 2.24) is 10.2 Å². The molecule has 0 spiro atoms. The zero-order valence-corrected chi connectivity index (χ0v) is 13.5. The van der Waals surface area contributed by atoms with E-state index in [-0.39, 0.29) is 11.9 Å². The van der Waals surface area contributed by atoms with Gasteiger partial charge in [-0.15, -0.1) is 0 Å². The number of nitrogens with zero attached hydrogens (tertiary/aromatic N) is 1. The maximum absolute atomic E-state index is 12.6. The van der Waals surface area contributed by atoms with Crippen molar-refractivity contribution in [1.29, 1.82) is 0 Å². The van der Waals surface area contributed by atoms with Gasteiger partial charge in [-0.05, 0) is 35.0 Å². The summed E-state index contributed by atoms with van der Waals surface area (Å²) in [4.78, 5) is 14.5. The van der Waals surface area contributed by atoms with Crippen LogP contribution in [0.2, 0.25) is 0 Å². The summed E-state index contributed by atoms with van der Waals surface area (Å²) in [5.74, 6) is 1.19. The minimum Gasteiger partial charge on any atom is -0.495 e. The molecule has 2 rings (SSSR count). The van der Waals surface area contributed by atoms with Gasteiger partial charge in [0.15, 0.2) is 0 Å². The molecule has 20 heavy (non-hydrogen) atoms. The highest BCUT2D eigenvalue weighted by atomic mass is 79.9. The highest BCUT2D eigenvalue weighted by Crippen LogP contribution is 2.36. The number of hydrogen-bond donors (Lipinski definition) is 1. The van der Waals surface area contributed by atoms with Gasteiger partial charge in [-0.1, -0.05) is 0 Å². The Morgan fingerprint density at radius 1 is 1.35 bits per heavy atom. The Balaban J connectivity index is 2.34. The largest absolute Gasteiger partial charge is 0.495 e. The molecule has 0 bridgehead atoms. The lowest BCUT2D eigenvalue weighted by Crippen LogP contribution is -2.52. The molecule has 1 aliphatic heterocycles. The van der Waals surface area contributed by atoms with Crippen molar-refractivity contribution in [3.63, 3.8) is 0 Å². The standard InChI is InChI=1S/C14H19BrN2O3/c1-9-8-16-4-5-17(9)14(18)10-6-11(19-2)13(15)12(7-10)20-3/h6-7,9,16H,4-5,8H2,1-3H3/t9-/m0/s1. The molecular weight excluding hydrogens is 324 g/mol. The number of ether oxygens (including phenoxy) is 2. The van der Waals surface area contributed by atoms with Crippen LogP contribution in [0.3, 0.4) is 0 Å². The van der Waals surface area contributed by atoms with Crippen molar-refractivity contribution in [2.75, 3.05) is 33.9 Å². The summed E-state index contributed by atoms with van der Waals surface area (Å²) in [5, 5.41) is 3.27. The van der Waals surface area contributed by atoms with Crippen molar-refractivity contribution >= 4 is 21.8 Å². The molecule has 1 saturated heterocycles. The summed E-state index contributed by atoms with van der Waals surface area (Å²) in [6.45, 7) is 4.38. The number of nitrogens with one attached hydrogen (secondary N) is 1. The fraction of sp³-hybridized carbons (Fsp3) is 0.500. The molecule has 0 unspecified atom stereocenters. The van der Waals surface area contributed by atoms with Crippen LogP contribution in [0.25, 0.3) is 0 Å². The number of piperazine rings is 1. The maximum Gasteiger partial charge on any atom is 0.254 e. The van der Waals surface area contributed by atoms with Crippen LogP contribution in [-0.2, 0) is 0 Å². The molecule has 5 nitrogen and oxygen atoms in total. The third-order valence-corrected chi connectivity index (χ3v) is 4.24. The molecule has 1 fully saturated rings. The predicted octanol–water partition coefficient (Wildman–Crippen LogP) is 1.90. The van der Waals surface area contributed by atoms with E-state index in [1.165, 1.54) is 0 Å². The normalized spacial score (nSPS) is 18.8. The van der Waals surface area contributed by atoms with E-state index < -0.39 is 0 Å². The molecular formula is C14H19BrN2O3. The monoisotopic (exact) mass is 342 g/mol. The third-order valence-electron chi connectivity index (χ3n) is 3.45. The number of carbonyl (C=O) groups excluding carboxylic acids is 1. The van der Waals surface area contributed by atoms with Gasteiger partial charge in [0.2, 0.25) is 0 Å². The first-order valence-electron chi connectivity index (χ1n) is 6.51. The van der Waals surface area contributed by atoms with Gasteiger partial charge in [-0.2, -0.15) is 0 Å². The lowest BCUT2D eigenvalue weighted by atomic mass is 10.1. The summed E-state index contributed by atoms with van der Waals surface area (Å²) in [6, 6.07) is 3.66. The fourth-order valence-electron chi connectivity index (χ4n) is 2.30. The highest BCUT2D eigenvalue weighted by molar-refractivity contribution is 9.10. The zero-order chi connectivity index (χ0) is 14.7. The molecule has 0 saturated carbocycles. The van der Waals surface area contributed by atoms with Crippen LogP contribution >= 0.6 is 15.9 Å². The molecule has 0 radical (unpaired) electrons. The first-order valence-corrected chi connectivity index (χ1v) is 7.31. The number of carbonyl (C=O) groups is 1. The van der Waals surface area contributed by atoms with Crippen molar-refractivity contribution in [3.8, 4) is 11.5 Å². The van der Waals surface area contributed by atoms with Gasteiger partial charge in [-0.25, -0.2) is 0 Å². The number of halogens is 1. The molecule has 1 heterocycles. The predicted molar refractivity (Wildman–Crippen MR) is 80.6 cm³/mol. The van der Waals surface area contributed by atoms with E-state index in [4.69, 9.17) is 9.47 Å². The molecule has 0 aromatic heterocycles. The Kier molecular flexibility index (Phi) is 4.88.